The number of ether oxygens (including phenoxy) is 1. The molecule has 1 aliphatic carbocycles. The zero-order valence-corrected chi connectivity index (χ0v) is 11.0. The van der Waals surface area contributed by atoms with Crippen molar-refractivity contribution in [3.05, 3.63) is 59.3 Å². The van der Waals surface area contributed by atoms with Gasteiger partial charge in [0.25, 0.3) is 0 Å². The first kappa shape index (κ1) is 12.7. The lowest BCUT2D eigenvalue weighted by atomic mass is 9.98. The number of carbonyl (C=O) groups is 1. The summed E-state index contributed by atoms with van der Waals surface area (Å²) in [7, 11) is 0. The van der Waals surface area contributed by atoms with Gasteiger partial charge in [-0.3, -0.25) is 0 Å². The van der Waals surface area contributed by atoms with Crippen LogP contribution in [-0.4, -0.2) is 16.1 Å². The third-order valence-electron chi connectivity index (χ3n) is 3.46. The van der Waals surface area contributed by atoms with Crippen LogP contribution in [0.1, 0.15) is 40.2 Å². The van der Waals surface area contributed by atoms with Crippen LogP contribution < -0.4 is 4.74 Å². The second kappa shape index (κ2) is 5.33. The molecule has 1 fully saturated rings. The van der Waals surface area contributed by atoms with Gasteiger partial charge in [0.2, 0.25) is 5.88 Å². The Morgan fingerprint density at radius 3 is 2.75 bits per heavy atom. The van der Waals surface area contributed by atoms with Gasteiger partial charge in [-0.25, -0.2) is 9.78 Å². The van der Waals surface area contributed by atoms with Gasteiger partial charge in [-0.15, -0.1) is 0 Å². The number of hydrogen-bond donors (Lipinski definition) is 1. The minimum absolute atomic E-state index is 0.241. The van der Waals surface area contributed by atoms with Gasteiger partial charge in [0.15, 0.2) is 0 Å². The average Bonchev–Trinajstić information content (AvgIpc) is 3.30. The van der Waals surface area contributed by atoms with E-state index in [1.165, 1.54) is 0 Å². The van der Waals surface area contributed by atoms with E-state index < -0.39 is 5.97 Å². The molecule has 0 atom stereocenters. The molecule has 0 bridgehead atoms. The van der Waals surface area contributed by atoms with Crippen LogP contribution in [0, 0.1) is 0 Å². The fourth-order valence-corrected chi connectivity index (χ4v) is 2.32. The lowest BCUT2D eigenvalue weighted by molar-refractivity contribution is 0.0693. The molecule has 102 valence electrons. The number of hydrogen-bond acceptors (Lipinski definition) is 3. The molecular weight excluding hydrogens is 254 g/mol. The molecule has 1 saturated carbocycles. The van der Waals surface area contributed by atoms with E-state index in [0.29, 0.717) is 17.4 Å². The van der Waals surface area contributed by atoms with Gasteiger partial charge in [-0.1, -0.05) is 18.2 Å². The summed E-state index contributed by atoms with van der Waals surface area (Å²) in [6.07, 6.45) is 3.90. The second-order valence-electron chi connectivity index (χ2n) is 4.91. The molecule has 1 heterocycles. The van der Waals surface area contributed by atoms with E-state index in [9.17, 15) is 9.90 Å². The lowest BCUT2D eigenvalue weighted by Crippen LogP contribution is -2.09. The van der Waals surface area contributed by atoms with E-state index in [4.69, 9.17) is 4.74 Å². The monoisotopic (exact) mass is 269 g/mol. The van der Waals surface area contributed by atoms with Crippen LogP contribution in [0.25, 0.3) is 0 Å². The standard InChI is InChI=1S/C16H15NO3/c18-16(19)13-5-3-4-12(11-7-8-11)14(13)10-20-15-6-1-2-9-17-15/h1-6,9,11H,7-8,10H2,(H,18,19). The molecule has 0 saturated heterocycles. The maximum Gasteiger partial charge on any atom is 0.336 e. The fraction of sp³-hybridized carbons (Fsp3) is 0.250. The second-order valence-corrected chi connectivity index (χ2v) is 4.91. The molecule has 4 nitrogen and oxygen atoms in total. The Balaban J connectivity index is 1.88. The summed E-state index contributed by atoms with van der Waals surface area (Å²) in [4.78, 5) is 15.4. The predicted molar refractivity (Wildman–Crippen MR) is 73.9 cm³/mol. The smallest absolute Gasteiger partial charge is 0.336 e. The third-order valence-corrected chi connectivity index (χ3v) is 3.46. The molecule has 0 radical (unpaired) electrons. The van der Waals surface area contributed by atoms with Crippen molar-refractivity contribution in [1.29, 1.82) is 0 Å². The van der Waals surface area contributed by atoms with Gasteiger partial charge in [0.1, 0.15) is 6.61 Å². The van der Waals surface area contributed by atoms with Gasteiger partial charge >= 0.3 is 5.97 Å². The average molecular weight is 269 g/mol. The van der Waals surface area contributed by atoms with E-state index in [-0.39, 0.29) is 6.61 Å². The summed E-state index contributed by atoms with van der Waals surface area (Å²) in [5, 5.41) is 9.32. The van der Waals surface area contributed by atoms with Gasteiger partial charge in [-0.05, 0) is 36.5 Å². The number of rotatable bonds is 5. The summed E-state index contributed by atoms with van der Waals surface area (Å²) >= 11 is 0. The number of benzene rings is 1. The normalized spacial score (nSPS) is 14.0. The Morgan fingerprint density at radius 2 is 2.10 bits per heavy atom. The molecular formula is C16H15NO3. The summed E-state index contributed by atoms with van der Waals surface area (Å²) in [5.74, 6) is 0.0817. The molecule has 20 heavy (non-hydrogen) atoms. The van der Waals surface area contributed by atoms with Crippen LogP contribution in [0.3, 0.4) is 0 Å². The van der Waals surface area contributed by atoms with Crippen molar-refractivity contribution in [2.45, 2.75) is 25.4 Å². The molecule has 1 aromatic heterocycles. The topological polar surface area (TPSA) is 59.4 Å². The zero-order valence-electron chi connectivity index (χ0n) is 11.0. The molecule has 4 heteroatoms. The Kier molecular flexibility index (Phi) is 3.37. The molecule has 0 unspecified atom stereocenters. The Labute approximate surface area is 117 Å². The highest BCUT2D eigenvalue weighted by atomic mass is 16.5. The van der Waals surface area contributed by atoms with E-state index in [1.54, 1.807) is 24.4 Å². The summed E-state index contributed by atoms with van der Waals surface area (Å²) in [6, 6.07) is 10.9. The Morgan fingerprint density at radius 1 is 1.25 bits per heavy atom. The predicted octanol–water partition coefficient (Wildman–Crippen LogP) is 3.24. The van der Waals surface area contributed by atoms with Gasteiger partial charge in [0, 0.05) is 17.8 Å². The van der Waals surface area contributed by atoms with Gasteiger partial charge < -0.3 is 9.84 Å². The Hall–Kier alpha value is -2.36. The minimum Gasteiger partial charge on any atom is -0.478 e. The van der Waals surface area contributed by atoms with Crippen molar-refractivity contribution in [3.8, 4) is 5.88 Å². The summed E-state index contributed by atoms with van der Waals surface area (Å²) in [5.41, 5.74) is 2.19. The quantitative estimate of drug-likeness (QED) is 0.905. The van der Waals surface area contributed by atoms with Crippen LogP contribution in [0.15, 0.2) is 42.6 Å². The molecule has 0 amide bonds. The highest BCUT2D eigenvalue weighted by Crippen LogP contribution is 2.42. The van der Waals surface area contributed by atoms with Crippen LogP contribution in [0.2, 0.25) is 0 Å². The highest BCUT2D eigenvalue weighted by molar-refractivity contribution is 5.89. The number of carboxylic acids is 1. The number of pyridine rings is 1. The van der Waals surface area contributed by atoms with E-state index in [0.717, 1.165) is 24.0 Å². The summed E-state index contributed by atoms with van der Waals surface area (Å²) in [6.45, 7) is 0.241. The molecule has 3 rings (SSSR count). The maximum absolute atomic E-state index is 11.4. The van der Waals surface area contributed by atoms with Crippen LogP contribution in [0.5, 0.6) is 5.88 Å². The maximum atomic E-state index is 11.4. The van der Waals surface area contributed by atoms with Gasteiger partial charge in [0.05, 0.1) is 5.56 Å². The van der Waals surface area contributed by atoms with Crippen molar-refractivity contribution in [3.63, 3.8) is 0 Å². The molecule has 1 aliphatic rings. The number of carboxylic acid groups (broad SMARTS) is 1. The van der Waals surface area contributed by atoms with E-state index in [1.807, 2.05) is 18.2 Å². The SMILES string of the molecule is O=C(O)c1cccc(C2CC2)c1COc1ccccn1. The van der Waals surface area contributed by atoms with Crippen molar-refractivity contribution in [1.82, 2.24) is 4.98 Å². The van der Waals surface area contributed by atoms with Crippen molar-refractivity contribution < 1.29 is 14.6 Å². The van der Waals surface area contributed by atoms with E-state index >= 15 is 0 Å². The van der Waals surface area contributed by atoms with Crippen LogP contribution >= 0.6 is 0 Å². The first-order chi connectivity index (χ1) is 9.75. The number of aromatic carboxylic acids is 1. The first-order valence-corrected chi connectivity index (χ1v) is 6.64. The first-order valence-electron chi connectivity index (χ1n) is 6.64. The zero-order chi connectivity index (χ0) is 13.9. The van der Waals surface area contributed by atoms with Gasteiger partial charge in [-0.2, -0.15) is 0 Å². The molecule has 0 spiro atoms. The highest BCUT2D eigenvalue weighted by Gasteiger charge is 2.28. The molecule has 1 aromatic carbocycles. The molecule has 0 aliphatic heterocycles. The Bertz CT molecular complexity index is 621. The van der Waals surface area contributed by atoms with Crippen LogP contribution in [0.4, 0.5) is 0 Å². The van der Waals surface area contributed by atoms with Crippen LogP contribution in [-0.2, 0) is 6.61 Å². The van der Waals surface area contributed by atoms with Crippen molar-refractivity contribution >= 4 is 5.97 Å². The third kappa shape index (κ3) is 2.64. The summed E-state index contributed by atoms with van der Waals surface area (Å²) < 4.78 is 5.63. The number of aromatic nitrogens is 1. The van der Waals surface area contributed by atoms with Crippen molar-refractivity contribution in [2.75, 3.05) is 0 Å². The number of nitrogens with zero attached hydrogens (tertiary/aromatic N) is 1. The fourth-order valence-electron chi connectivity index (χ4n) is 2.32. The molecule has 1 N–H and O–H groups in total. The molecule has 2 aromatic rings. The lowest BCUT2D eigenvalue weighted by Gasteiger charge is -2.13. The van der Waals surface area contributed by atoms with E-state index in [2.05, 4.69) is 4.98 Å². The van der Waals surface area contributed by atoms with Crippen molar-refractivity contribution in [2.24, 2.45) is 0 Å². The minimum atomic E-state index is -0.910. The largest absolute Gasteiger partial charge is 0.478 e.